The number of carboxylic acids is 2. The molecule has 2 N–H and O–H groups in total. The number of thioether (sulfide) groups is 1. The number of hydrogen-bond acceptors (Lipinski definition) is 3. The van der Waals surface area contributed by atoms with E-state index in [9.17, 15) is 9.59 Å². The summed E-state index contributed by atoms with van der Waals surface area (Å²) < 4.78 is -0.895. The van der Waals surface area contributed by atoms with Crippen molar-refractivity contribution in [2.75, 3.05) is 0 Å². The van der Waals surface area contributed by atoms with Crippen LogP contribution in [0.1, 0.15) is 19.4 Å². The zero-order chi connectivity index (χ0) is 13.1. The number of rotatable bonds is 5. The number of benzene rings is 1. The highest BCUT2D eigenvalue weighted by atomic mass is 32.2. The predicted molar refractivity (Wildman–Crippen MR) is 65.4 cm³/mol. The van der Waals surface area contributed by atoms with E-state index in [2.05, 4.69) is 0 Å². The third-order valence-electron chi connectivity index (χ3n) is 2.17. The lowest BCUT2D eigenvalue weighted by atomic mass is 10.2. The van der Waals surface area contributed by atoms with Crippen LogP contribution in [0.2, 0.25) is 0 Å². The van der Waals surface area contributed by atoms with Crippen LogP contribution in [0.3, 0.4) is 0 Å². The van der Waals surface area contributed by atoms with Crippen molar-refractivity contribution in [2.24, 2.45) is 0 Å². The normalized spacial score (nSPS) is 11.2. The fourth-order valence-electron chi connectivity index (χ4n) is 1.19. The first-order chi connectivity index (χ1) is 7.81. The first kappa shape index (κ1) is 13.6. The molecule has 1 aromatic rings. The van der Waals surface area contributed by atoms with Crippen molar-refractivity contribution in [3.8, 4) is 0 Å². The van der Waals surface area contributed by atoms with E-state index < -0.39 is 16.7 Å². The smallest absolute Gasteiger partial charge is 0.319 e. The molecule has 0 radical (unpaired) electrons. The molecule has 0 aliphatic carbocycles. The van der Waals surface area contributed by atoms with Crippen LogP contribution in [0, 0.1) is 0 Å². The topological polar surface area (TPSA) is 74.6 Å². The Morgan fingerprint density at radius 3 is 2.12 bits per heavy atom. The number of carbonyl (C=O) groups is 2. The van der Waals surface area contributed by atoms with Gasteiger partial charge in [-0.25, -0.2) is 0 Å². The van der Waals surface area contributed by atoms with Crippen LogP contribution in [0.5, 0.6) is 0 Å². The molecule has 0 heterocycles. The molecule has 0 aliphatic heterocycles. The maximum atomic E-state index is 10.9. The summed E-state index contributed by atoms with van der Waals surface area (Å²) in [7, 11) is 0. The van der Waals surface area contributed by atoms with E-state index in [0.29, 0.717) is 5.56 Å². The SMILES string of the molecule is CC(C)(Sc1ccc(CC(=O)O)cc1)C(=O)O. The fraction of sp³-hybridized carbons (Fsp3) is 0.333. The summed E-state index contributed by atoms with van der Waals surface area (Å²) in [6, 6.07) is 6.89. The van der Waals surface area contributed by atoms with Gasteiger partial charge in [0.2, 0.25) is 0 Å². The molecule has 0 saturated carbocycles. The van der Waals surface area contributed by atoms with Gasteiger partial charge in [0.25, 0.3) is 0 Å². The molecule has 0 bridgehead atoms. The van der Waals surface area contributed by atoms with E-state index in [1.807, 2.05) is 0 Å². The van der Waals surface area contributed by atoms with Gasteiger partial charge in [0.15, 0.2) is 0 Å². The summed E-state index contributed by atoms with van der Waals surface area (Å²) in [5.41, 5.74) is 0.704. The Hall–Kier alpha value is -1.49. The van der Waals surface area contributed by atoms with Crippen LogP contribution in [0.15, 0.2) is 29.2 Å². The van der Waals surface area contributed by atoms with E-state index in [1.54, 1.807) is 38.1 Å². The minimum absolute atomic E-state index is 0.0206. The molecule has 0 unspecified atom stereocenters. The highest BCUT2D eigenvalue weighted by Gasteiger charge is 2.28. The maximum absolute atomic E-state index is 10.9. The number of hydrogen-bond donors (Lipinski definition) is 2. The highest BCUT2D eigenvalue weighted by Crippen LogP contribution is 2.32. The third-order valence-corrected chi connectivity index (χ3v) is 3.36. The quantitative estimate of drug-likeness (QED) is 0.788. The predicted octanol–water partition coefficient (Wildman–Crippen LogP) is 2.27. The molecule has 4 nitrogen and oxygen atoms in total. The molecular formula is C12H14O4S. The average molecular weight is 254 g/mol. The summed E-state index contributed by atoms with van der Waals surface area (Å²) >= 11 is 1.23. The first-order valence-corrected chi connectivity index (χ1v) is 5.86. The van der Waals surface area contributed by atoms with Gasteiger partial charge in [0.05, 0.1) is 6.42 Å². The summed E-state index contributed by atoms with van der Waals surface area (Å²) in [5, 5.41) is 17.6. The Kier molecular flexibility index (Phi) is 4.17. The Morgan fingerprint density at radius 2 is 1.71 bits per heavy atom. The third kappa shape index (κ3) is 4.11. The van der Waals surface area contributed by atoms with Crippen LogP contribution in [-0.4, -0.2) is 26.9 Å². The number of carboxylic acid groups (broad SMARTS) is 2. The summed E-state index contributed by atoms with van der Waals surface area (Å²) in [6.45, 7) is 3.26. The van der Waals surface area contributed by atoms with Crippen molar-refractivity contribution in [3.05, 3.63) is 29.8 Å². The van der Waals surface area contributed by atoms with Crippen molar-refractivity contribution in [1.29, 1.82) is 0 Å². The summed E-state index contributed by atoms with van der Waals surface area (Å²) in [4.78, 5) is 22.2. The van der Waals surface area contributed by atoms with Gasteiger partial charge in [-0.3, -0.25) is 9.59 Å². The van der Waals surface area contributed by atoms with Gasteiger partial charge >= 0.3 is 11.9 Å². The van der Waals surface area contributed by atoms with Crippen LogP contribution >= 0.6 is 11.8 Å². The lowest BCUT2D eigenvalue weighted by Crippen LogP contribution is -2.26. The minimum atomic E-state index is -0.895. The van der Waals surface area contributed by atoms with Gasteiger partial charge in [-0.2, -0.15) is 0 Å². The van der Waals surface area contributed by atoms with Gasteiger partial charge in [-0.1, -0.05) is 12.1 Å². The van der Waals surface area contributed by atoms with Crippen LogP contribution in [0.25, 0.3) is 0 Å². The second-order valence-corrected chi connectivity index (χ2v) is 5.83. The molecule has 92 valence electrons. The molecule has 0 spiro atoms. The summed E-state index contributed by atoms with van der Waals surface area (Å²) in [6.07, 6.45) is -0.0206. The van der Waals surface area contributed by atoms with Gasteiger partial charge in [-0.15, -0.1) is 11.8 Å². The molecule has 1 aromatic carbocycles. The van der Waals surface area contributed by atoms with E-state index in [4.69, 9.17) is 10.2 Å². The largest absolute Gasteiger partial charge is 0.481 e. The molecule has 0 amide bonds. The summed E-state index contributed by atoms with van der Waals surface area (Å²) in [5.74, 6) is -1.76. The lowest BCUT2D eigenvalue weighted by Gasteiger charge is -2.18. The fourth-order valence-corrected chi connectivity index (χ4v) is 2.14. The minimum Gasteiger partial charge on any atom is -0.481 e. The van der Waals surface area contributed by atoms with Crippen LogP contribution < -0.4 is 0 Å². The van der Waals surface area contributed by atoms with Crippen molar-refractivity contribution in [2.45, 2.75) is 29.9 Å². The van der Waals surface area contributed by atoms with Crippen molar-refractivity contribution >= 4 is 23.7 Å². The molecule has 0 fully saturated rings. The number of aliphatic carboxylic acids is 2. The van der Waals surface area contributed by atoms with Gasteiger partial charge < -0.3 is 10.2 Å². The van der Waals surface area contributed by atoms with Crippen molar-refractivity contribution in [1.82, 2.24) is 0 Å². The Morgan fingerprint density at radius 1 is 1.18 bits per heavy atom. The highest BCUT2D eigenvalue weighted by molar-refractivity contribution is 8.01. The Balaban J connectivity index is 2.75. The van der Waals surface area contributed by atoms with Crippen molar-refractivity contribution in [3.63, 3.8) is 0 Å². The second-order valence-electron chi connectivity index (χ2n) is 4.13. The van der Waals surface area contributed by atoms with E-state index in [0.717, 1.165) is 4.90 Å². The zero-order valence-electron chi connectivity index (χ0n) is 9.64. The molecule has 0 atom stereocenters. The molecule has 0 aliphatic rings. The van der Waals surface area contributed by atoms with Crippen LogP contribution in [0.4, 0.5) is 0 Å². The monoisotopic (exact) mass is 254 g/mol. The van der Waals surface area contributed by atoms with Gasteiger partial charge in [0, 0.05) is 4.90 Å². The Labute approximate surface area is 104 Å². The van der Waals surface area contributed by atoms with Crippen LogP contribution in [-0.2, 0) is 16.0 Å². The molecule has 5 heteroatoms. The Bertz CT molecular complexity index is 423. The van der Waals surface area contributed by atoms with E-state index >= 15 is 0 Å². The van der Waals surface area contributed by atoms with Gasteiger partial charge in [0.1, 0.15) is 4.75 Å². The van der Waals surface area contributed by atoms with E-state index in [1.165, 1.54) is 11.8 Å². The second kappa shape index (κ2) is 5.23. The average Bonchev–Trinajstić information content (AvgIpc) is 2.19. The van der Waals surface area contributed by atoms with E-state index in [-0.39, 0.29) is 6.42 Å². The molecule has 17 heavy (non-hydrogen) atoms. The lowest BCUT2D eigenvalue weighted by molar-refractivity contribution is -0.139. The molecule has 1 rings (SSSR count). The molecule has 0 aromatic heterocycles. The zero-order valence-corrected chi connectivity index (χ0v) is 10.5. The molecular weight excluding hydrogens is 240 g/mol. The first-order valence-electron chi connectivity index (χ1n) is 5.04. The molecule has 0 saturated heterocycles. The van der Waals surface area contributed by atoms with Gasteiger partial charge in [-0.05, 0) is 31.5 Å². The maximum Gasteiger partial charge on any atom is 0.319 e. The van der Waals surface area contributed by atoms with Crippen molar-refractivity contribution < 1.29 is 19.8 Å². The standard InChI is InChI=1S/C12H14O4S/c1-12(2,11(15)16)17-9-5-3-8(4-6-9)7-10(13)14/h3-6H,7H2,1-2H3,(H,13,14)(H,15,16).